The number of ether oxygens (including phenoxy) is 1. The van der Waals surface area contributed by atoms with Crippen LogP contribution in [0.4, 0.5) is 0 Å². The van der Waals surface area contributed by atoms with Crippen LogP contribution in [-0.2, 0) is 25.8 Å². The van der Waals surface area contributed by atoms with E-state index >= 15 is 0 Å². The molecule has 1 heterocycles. The van der Waals surface area contributed by atoms with E-state index in [2.05, 4.69) is 0 Å². The van der Waals surface area contributed by atoms with Crippen LogP contribution in [0.15, 0.2) is 0 Å². The van der Waals surface area contributed by atoms with Crippen LogP contribution in [0.5, 0.6) is 0 Å². The van der Waals surface area contributed by atoms with Gasteiger partial charge >= 0.3 is 21.1 Å². The SMILES string of the molecule is N[C@H]1[C@H](O)[C@@H](CO)OC(O)[C@@H]1N.[Cl-].[Cl-].[Pt+2]. The van der Waals surface area contributed by atoms with Crippen molar-refractivity contribution in [3.8, 4) is 0 Å². The van der Waals surface area contributed by atoms with Gasteiger partial charge in [0, 0.05) is 0 Å². The number of halogens is 2. The summed E-state index contributed by atoms with van der Waals surface area (Å²) in [6, 6.07) is -1.59. The van der Waals surface area contributed by atoms with Crippen LogP contribution in [0.3, 0.4) is 0 Å². The molecule has 5 atom stereocenters. The van der Waals surface area contributed by atoms with Crippen molar-refractivity contribution < 1.29 is 65.9 Å². The zero-order valence-electron chi connectivity index (χ0n) is 7.57. The Morgan fingerprint density at radius 3 is 1.93 bits per heavy atom. The second-order valence-corrected chi connectivity index (χ2v) is 2.89. The van der Waals surface area contributed by atoms with Crippen LogP contribution >= 0.6 is 0 Å². The molecule has 15 heavy (non-hydrogen) atoms. The van der Waals surface area contributed by atoms with Crippen molar-refractivity contribution >= 4 is 0 Å². The van der Waals surface area contributed by atoms with Crippen molar-refractivity contribution in [3.05, 3.63) is 0 Å². The van der Waals surface area contributed by atoms with Gasteiger partial charge in [0.05, 0.1) is 24.8 Å². The Balaban J connectivity index is -0.000000480. The van der Waals surface area contributed by atoms with Crippen molar-refractivity contribution in [3.63, 3.8) is 0 Å². The molecule has 0 aromatic heterocycles. The van der Waals surface area contributed by atoms with Crippen LogP contribution in [0.25, 0.3) is 0 Å². The van der Waals surface area contributed by atoms with Crippen molar-refractivity contribution in [1.29, 1.82) is 0 Å². The van der Waals surface area contributed by atoms with Crippen molar-refractivity contribution in [1.82, 2.24) is 0 Å². The third-order valence-corrected chi connectivity index (χ3v) is 2.04. The zero-order valence-corrected chi connectivity index (χ0v) is 11.4. The molecule has 1 aliphatic heterocycles. The first kappa shape index (κ1) is 21.3. The summed E-state index contributed by atoms with van der Waals surface area (Å²) >= 11 is 0. The third-order valence-electron chi connectivity index (χ3n) is 2.04. The standard InChI is InChI=1S/C6H14N2O4.2ClH.Pt/c7-3-4(8)6(11)12-2(1-9)5(3)10;;;/h2-6,9-11H,1,7-8H2;2*1H;/q;;;+2/p-2/t2-,3-,4-,5-,6?;;;/m1.../s1. The van der Waals surface area contributed by atoms with Crippen molar-refractivity contribution in [2.24, 2.45) is 11.5 Å². The van der Waals surface area contributed by atoms with Gasteiger partial charge in [-0.2, -0.15) is 0 Å². The molecule has 0 aromatic carbocycles. The van der Waals surface area contributed by atoms with Gasteiger partial charge in [-0.25, -0.2) is 0 Å². The smallest absolute Gasteiger partial charge is 1.00 e. The van der Waals surface area contributed by atoms with Crippen LogP contribution in [0.1, 0.15) is 0 Å². The second-order valence-electron chi connectivity index (χ2n) is 2.89. The van der Waals surface area contributed by atoms with Gasteiger partial charge < -0.3 is 56.3 Å². The van der Waals surface area contributed by atoms with E-state index in [9.17, 15) is 5.11 Å². The largest absolute Gasteiger partial charge is 2.00 e. The van der Waals surface area contributed by atoms with Gasteiger partial charge in [0.2, 0.25) is 0 Å². The predicted molar refractivity (Wildman–Crippen MR) is 39.9 cm³/mol. The average molecular weight is 444 g/mol. The molecule has 0 spiro atoms. The molecular weight excluding hydrogens is 430 g/mol. The molecule has 0 saturated carbocycles. The molecule has 1 saturated heterocycles. The molecule has 0 aromatic rings. The number of hydrogen-bond donors (Lipinski definition) is 5. The predicted octanol–water partition coefficient (Wildman–Crippen LogP) is -9.28. The molecule has 1 unspecified atom stereocenters. The average Bonchev–Trinajstić information content (AvgIpc) is 2.08. The molecule has 9 heteroatoms. The van der Waals surface area contributed by atoms with Gasteiger partial charge in [0.25, 0.3) is 0 Å². The Morgan fingerprint density at radius 2 is 1.53 bits per heavy atom. The summed E-state index contributed by atoms with van der Waals surface area (Å²) < 4.78 is 4.78. The molecule has 96 valence electrons. The Labute approximate surface area is 114 Å². The molecule has 6 nitrogen and oxygen atoms in total. The quantitative estimate of drug-likeness (QED) is 0.274. The maximum Gasteiger partial charge on any atom is 2.00 e. The summed E-state index contributed by atoms with van der Waals surface area (Å²) in [5.74, 6) is 0. The molecule has 1 aliphatic rings. The van der Waals surface area contributed by atoms with E-state index in [1.165, 1.54) is 0 Å². The zero-order chi connectivity index (χ0) is 9.30. The molecular formula is C6H14Cl2N2O4Pt. The van der Waals surface area contributed by atoms with Gasteiger partial charge in [-0.1, -0.05) is 0 Å². The summed E-state index contributed by atoms with van der Waals surface area (Å²) in [4.78, 5) is 0. The molecule has 0 amide bonds. The molecule has 7 N–H and O–H groups in total. The minimum Gasteiger partial charge on any atom is -1.00 e. The van der Waals surface area contributed by atoms with Crippen LogP contribution in [0, 0.1) is 0 Å². The second kappa shape index (κ2) is 9.10. The molecule has 1 rings (SSSR count). The van der Waals surface area contributed by atoms with Gasteiger partial charge in [0.1, 0.15) is 6.10 Å². The summed E-state index contributed by atoms with van der Waals surface area (Å²) in [5, 5.41) is 27.1. The van der Waals surface area contributed by atoms with Gasteiger partial charge in [-0.05, 0) is 0 Å². The maximum absolute atomic E-state index is 9.32. The fourth-order valence-corrected chi connectivity index (χ4v) is 1.17. The summed E-state index contributed by atoms with van der Waals surface area (Å²) in [6.45, 7) is -0.390. The van der Waals surface area contributed by atoms with E-state index < -0.39 is 37.2 Å². The molecule has 1 fully saturated rings. The number of aliphatic hydroxyl groups is 3. The van der Waals surface area contributed by atoms with Crippen LogP contribution < -0.4 is 36.3 Å². The monoisotopic (exact) mass is 443 g/mol. The van der Waals surface area contributed by atoms with Gasteiger partial charge in [0.15, 0.2) is 6.29 Å². The summed E-state index contributed by atoms with van der Waals surface area (Å²) in [5.41, 5.74) is 10.8. The van der Waals surface area contributed by atoms with Crippen LogP contribution in [-0.4, -0.2) is 52.5 Å². The first-order valence-electron chi connectivity index (χ1n) is 3.71. The maximum atomic E-state index is 9.32. The number of nitrogens with two attached hydrogens (primary N) is 2. The first-order valence-corrected chi connectivity index (χ1v) is 3.71. The normalized spacial score (nSPS) is 39.4. The number of aliphatic hydroxyl groups excluding tert-OH is 3. The Hall–Kier alpha value is 1.03. The fourth-order valence-electron chi connectivity index (χ4n) is 1.17. The third kappa shape index (κ3) is 4.81. The summed E-state index contributed by atoms with van der Waals surface area (Å²) in [7, 11) is 0. The number of rotatable bonds is 1. The van der Waals surface area contributed by atoms with E-state index in [4.69, 9.17) is 26.4 Å². The topological polar surface area (TPSA) is 122 Å². The Morgan fingerprint density at radius 1 is 1.07 bits per heavy atom. The van der Waals surface area contributed by atoms with E-state index in [1.807, 2.05) is 0 Å². The van der Waals surface area contributed by atoms with E-state index in [1.54, 1.807) is 0 Å². The van der Waals surface area contributed by atoms with Gasteiger partial charge in [-0.3, -0.25) is 0 Å². The van der Waals surface area contributed by atoms with Gasteiger partial charge in [-0.15, -0.1) is 0 Å². The van der Waals surface area contributed by atoms with E-state index in [0.717, 1.165) is 0 Å². The minimum atomic E-state index is -1.22. The van der Waals surface area contributed by atoms with Crippen molar-refractivity contribution in [2.75, 3.05) is 6.61 Å². The Kier molecular flexibility index (Phi) is 12.9. The molecule has 0 bridgehead atoms. The first-order chi connectivity index (χ1) is 5.57. The molecule has 0 aliphatic carbocycles. The molecule has 0 radical (unpaired) electrons. The minimum absolute atomic E-state index is 0. The fraction of sp³-hybridized carbons (Fsp3) is 1.00. The Bertz CT molecular complexity index is 165. The number of hydrogen-bond acceptors (Lipinski definition) is 6. The van der Waals surface area contributed by atoms with Crippen LogP contribution in [0.2, 0.25) is 0 Å². The van der Waals surface area contributed by atoms with E-state index in [-0.39, 0.29) is 45.9 Å². The van der Waals surface area contributed by atoms with E-state index in [0.29, 0.717) is 0 Å². The van der Waals surface area contributed by atoms with Crippen molar-refractivity contribution in [2.45, 2.75) is 30.6 Å². The summed E-state index contributed by atoms with van der Waals surface area (Å²) in [6.07, 6.45) is -3.11.